The van der Waals surface area contributed by atoms with Gasteiger partial charge in [-0.2, -0.15) is 0 Å². The fourth-order valence-corrected chi connectivity index (χ4v) is 2.74. The molecule has 0 atom stereocenters. The van der Waals surface area contributed by atoms with Crippen molar-refractivity contribution in [1.82, 2.24) is 4.90 Å². The van der Waals surface area contributed by atoms with Crippen LogP contribution in [-0.2, 0) is 0 Å². The van der Waals surface area contributed by atoms with Gasteiger partial charge in [-0.15, -0.1) is 0 Å². The molecule has 1 spiro atoms. The van der Waals surface area contributed by atoms with Crippen molar-refractivity contribution < 1.29 is 0 Å². The summed E-state index contributed by atoms with van der Waals surface area (Å²) in [4.78, 5) is 2.56. The number of nitrogens with two attached hydrogens (primary N) is 1. The average Bonchev–Trinajstić information content (AvgIpc) is 2.63. The van der Waals surface area contributed by atoms with Crippen LogP contribution in [0.2, 0.25) is 0 Å². The number of nitrogens with zero attached hydrogens (tertiary/aromatic N) is 1. The molecule has 3 aliphatic rings. The maximum Gasteiger partial charge on any atom is 0.0283 e. The van der Waals surface area contributed by atoms with Crippen molar-refractivity contribution in [3.63, 3.8) is 0 Å². The van der Waals surface area contributed by atoms with E-state index < -0.39 is 0 Å². The van der Waals surface area contributed by atoms with Crippen LogP contribution in [0.3, 0.4) is 0 Å². The molecule has 3 rings (SSSR count). The summed E-state index contributed by atoms with van der Waals surface area (Å²) in [6, 6.07) is 0. The van der Waals surface area contributed by atoms with Crippen molar-refractivity contribution in [3.05, 3.63) is 0 Å². The molecule has 0 radical (unpaired) electrons. The normalized spacial score (nSPS) is 35.8. The highest BCUT2D eigenvalue weighted by Crippen LogP contribution is 2.53. The second-order valence-corrected chi connectivity index (χ2v) is 5.36. The van der Waals surface area contributed by atoms with E-state index in [1.807, 2.05) is 0 Å². The summed E-state index contributed by atoms with van der Waals surface area (Å²) in [5.41, 5.74) is 7.20. The summed E-state index contributed by atoms with van der Waals surface area (Å²) in [6.45, 7) is 3.88. The van der Waals surface area contributed by atoms with Gasteiger partial charge in [0.25, 0.3) is 0 Å². The van der Waals surface area contributed by atoms with Gasteiger partial charge in [-0.25, -0.2) is 0 Å². The molecular weight excluding hydrogens is 148 g/mol. The van der Waals surface area contributed by atoms with Crippen molar-refractivity contribution in [1.29, 1.82) is 0 Å². The zero-order valence-electron chi connectivity index (χ0n) is 7.68. The average molecular weight is 166 g/mol. The third kappa shape index (κ3) is 1.01. The van der Waals surface area contributed by atoms with Gasteiger partial charge < -0.3 is 10.6 Å². The molecule has 1 saturated heterocycles. The molecule has 0 bridgehead atoms. The van der Waals surface area contributed by atoms with Crippen molar-refractivity contribution in [2.45, 2.75) is 37.6 Å². The molecular formula is C10H18N2. The first kappa shape index (κ1) is 7.34. The Hall–Kier alpha value is -0.0800. The van der Waals surface area contributed by atoms with Crippen molar-refractivity contribution in [3.8, 4) is 0 Å². The van der Waals surface area contributed by atoms with Crippen LogP contribution in [0, 0.1) is 5.41 Å². The Kier molecular flexibility index (Phi) is 1.25. The summed E-state index contributed by atoms with van der Waals surface area (Å²) in [7, 11) is 0. The minimum Gasteiger partial charge on any atom is -0.324 e. The Balaban J connectivity index is 1.50. The van der Waals surface area contributed by atoms with Crippen LogP contribution in [0.4, 0.5) is 0 Å². The highest BCUT2D eigenvalue weighted by molar-refractivity contribution is 5.08. The van der Waals surface area contributed by atoms with Crippen molar-refractivity contribution in [2.75, 3.05) is 19.6 Å². The third-order valence-corrected chi connectivity index (χ3v) is 3.96. The largest absolute Gasteiger partial charge is 0.324 e. The molecule has 0 aromatic rings. The molecule has 2 heteroatoms. The van der Waals surface area contributed by atoms with E-state index >= 15 is 0 Å². The van der Waals surface area contributed by atoms with Gasteiger partial charge in [0.1, 0.15) is 0 Å². The molecule has 0 aromatic heterocycles. The summed E-state index contributed by atoms with van der Waals surface area (Å²) >= 11 is 0. The lowest BCUT2D eigenvalue weighted by molar-refractivity contribution is 0.0365. The zero-order chi connectivity index (χ0) is 8.23. The highest BCUT2D eigenvalue weighted by atomic mass is 15.2. The van der Waals surface area contributed by atoms with Gasteiger partial charge >= 0.3 is 0 Å². The Bertz CT molecular complexity index is 196. The quantitative estimate of drug-likeness (QED) is 0.662. The molecule has 3 fully saturated rings. The molecule has 0 aromatic carbocycles. The van der Waals surface area contributed by atoms with Crippen LogP contribution in [0.1, 0.15) is 32.1 Å². The molecule has 1 aliphatic heterocycles. The molecule has 2 saturated carbocycles. The first-order valence-electron chi connectivity index (χ1n) is 5.21. The maximum absolute atomic E-state index is 6.18. The minimum atomic E-state index is 0.219. The topological polar surface area (TPSA) is 29.3 Å². The van der Waals surface area contributed by atoms with Gasteiger partial charge in [0.15, 0.2) is 0 Å². The second-order valence-electron chi connectivity index (χ2n) is 5.36. The lowest BCUT2D eigenvalue weighted by atomic mass is 9.76. The summed E-state index contributed by atoms with van der Waals surface area (Å²) in [6.07, 6.45) is 6.85. The van der Waals surface area contributed by atoms with E-state index in [4.69, 9.17) is 5.73 Å². The van der Waals surface area contributed by atoms with Crippen molar-refractivity contribution >= 4 is 0 Å². The third-order valence-electron chi connectivity index (χ3n) is 3.96. The van der Waals surface area contributed by atoms with Gasteiger partial charge in [0.05, 0.1) is 0 Å². The molecule has 12 heavy (non-hydrogen) atoms. The molecule has 2 nitrogen and oxygen atoms in total. The fraction of sp³-hybridized carbons (Fsp3) is 1.00. The van der Waals surface area contributed by atoms with E-state index in [0.717, 1.165) is 5.41 Å². The minimum absolute atomic E-state index is 0.219. The lowest BCUT2D eigenvalue weighted by Gasteiger charge is -2.48. The van der Waals surface area contributed by atoms with Gasteiger partial charge in [-0.05, 0) is 37.5 Å². The Labute approximate surface area is 74.1 Å². The van der Waals surface area contributed by atoms with E-state index in [0.29, 0.717) is 0 Å². The van der Waals surface area contributed by atoms with Crippen LogP contribution in [0.5, 0.6) is 0 Å². The van der Waals surface area contributed by atoms with E-state index in [9.17, 15) is 0 Å². The Morgan fingerprint density at radius 3 is 2.17 bits per heavy atom. The monoisotopic (exact) mass is 166 g/mol. The van der Waals surface area contributed by atoms with E-state index in [1.54, 1.807) is 0 Å². The molecule has 1 heterocycles. The number of hydrogen-bond donors (Lipinski definition) is 1. The summed E-state index contributed by atoms with van der Waals surface area (Å²) < 4.78 is 0. The van der Waals surface area contributed by atoms with E-state index in [1.165, 1.54) is 51.7 Å². The maximum atomic E-state index is 6.18. The molecule has 0 unspecified atom stereocenters. The molecule has 68 valence electrons. The first-order chi connectivity index (χ1) is 5.70. The van der Waals surface area contributed by atoms with Crippen LogP contribution in [0.25, 0.3) is 0 Å². The highest BCUT2D eigenvalue weighted by Gasteiger charge is 2.53. The zero-order valence-corrected chi connectivity index (χ0v) is 7.68. The molecule has 2 N–H and O–H groups in total. The van der Waals surface area contributed by atoms with E-state index in [2.05, 4.69) is 4.90 Å². The van der Waals surface area contributed by atoms with Crippen LogP contribution >= 0.6 is 0 Å². The summed E-state index contributed by atoms with van der Waals surface area (Å²) in [5.74, 6) is 0. The van der Waals surface area contributed by atoms with Gasteiger partial charge in [-0.1, -0.05) is 0 Å². The summed E-state index contributed by atoms with van der Waals surface area (Å²) in [5, 5.41) is 0. The number of hydrogen-bond acceptors (Lipinski definition) is 2. The standard InChI is InChI=1S/C10H18N2/c11-10(2-1-3-10)8-12-6-9(7-12)4-5-9/h1-8,11H2. The van der Waals surface area contributed by atoms with Crippen LogP contribution in [0.15, 0.2) is 0 Å². The smallest absolute Gasteiger partial charge is 0.0283 e. The van der Waals surface area contributed by atoms with Gasteiger partial charge in [-0.3, -0.25) is 0 Å². The first-order valence-corrected chi connectivity index (χ1v) is 5.21. The van der Waals surface area contributed by atoms with Crippen LogP contribution < -0.4 is 5.73 Å². The second kappa shape index (κ2) is 2.05. The predicted molar refractivity (Wildman–Crippen MR) is 48.9 cm³/mol. The Morgan fingerprint density at radius 2 is 1.75 bits per heavy atom. The van der Waals surface area contributed by atoms with Crippen molar-refractivity contribution in [2.24, 2.45) is 11.1 Å². The lowest BCUT2D eigenvalue weighted by Crippen LogP contribution is -2.60. The molecule has 0 amide bonds. The fourth-order valence-electron chi connectivity index (χ4n) is 2.74. The molecule has 2 aliphatic carbocycles. The predicted octanol–water partition coefficient (Wildman–Crippen LogP) is 0.964. The SMILES string of the molecule is NC1(CN2CC3(CC3)C2)CCC1. The van der Waals surface area contributed by atoms with Gasteiger partial charge in [0.2, 0.25) is 0 Å². The number of rotatable bonds is 2. The number of likely N-dealkylation sites (tertiary alicyclic amines) is 1. The van der Waals surface area contributed by atoms with Crippen LogP contribution in [-0.4, -0.2) is 30.1 Å². The van der Waals surface area contributed by atoms with E-state index in [-0.39, 0.29) is 5.54 Å². The van der Waals surface area contributed by atoms with Gasteiger partial charge in [0, 0.05) is 25.2 Å². The Morgan fingerprint density at radius 1 is 1.08 bits per heavy atom.